The van der Waals surface area contributed by atoms with Gasteiger partial charge in [0, 0.05) is 27.2 Å². The second-order valence-electron chi connectivity index (χ2n) is 5.84. The number of halogens is 3. The molecule has 7 nitrogen and oxygen atoms in total. The first-order valence-corrected chi connectivity index (χ1v) is 9.95. The summed E-state index contributed by atoms with van der Waals surface area (Å²) in [7, 11) is 0. The molecule has 2 aromatic carbocycles. The highest BCUT2D eigenvalue weighted by molar-refractivity contribution is 7.21. The number of hydrogen-bond acceptors (Lipinski definition) is 6. The monoisotopic (exact) mass is 472 g/mol. The maximum atomic E-state index is 12.5. The molecule has 0 aliphatic rings. The third-order valence-corrected chi connectivity index (χ3v) is 6.05. The number of nitro benzene ring substituents is 1. The quantitative estimate of drug-likeness (QED) is 0.280. The summed E-state index contributed by atoms with van der Waals surface area (Å²) in [5.41, 5.74) is -0.214. The molecule has 0 fully saturated rings. The number of nitrogens with zero attached hydrogens (tertiary/aromatic N) is 1. The zero-order valence-electron chi connectivity index (χ0n) is 14.6. The molecule has 0 saturated carbocycles. The van der Waals surface area contributed by atoms with Crippen molar-refractivity contribution in [1.29, 1.82) is 0 Å². The molecule has 1 aromatic heterocycles. The van der Waals surface area contributed by atoms with Crippen molar-refractivity contribution in [2.75, 3.05) is 5.32 Å². The van der Waals surface area contributed by atoms with Crippen molar-refractivity contribution in [2.24, 2.45) is 0 Å². The molecule has 0 aliphatic heterocycles. The van der Waals surface area contributed by atoms with Gasteiger partial charge in [0.2, 0.25) is 0 Å². The number of carbonyl (C=O) groups is 2. The highest BCUT2D eigenvalue weighted by Crippen LogP contribution is 2.37. The zero-order chi connectivity index (χ0) is 21.3. The fourth-order valence-electron chi connectivity index (χ4n) is 2.39. The first-order valence-electron chi connectivity index (χ1n) is 8.00. The molecule has 1 heterocycles. The van der Waals surface area contributed by atoms with Crippen LogP contribution in [0.1, 0.15) is 16.6 Å². The average molecular weight is 474 g/mol. The van der Waals surface area contributed by atoms with Gasteiger partial charge in [-0.1, -0.05) is 40.9 Å². The van der Waals surface area contributed by atoms with Crippen molar-refractivity contribution in [3.63, 3.8) is 0 Å². The molecular formula is C18H11Cl3N2O5S. The lowest BCUT2D eigenvalue weighted by Gasteiger charge is -2.14. The lowest BCUT2D eigenvalue weighted by Crippen LogP contribution is -2.30. The van der Waals surface area contributed by atoms with E-state index in [1.54, 1.807) is 18.2 Å². The number of benzene rings is 2. The number of carbonyl (C=O) groups excluding carboxylic acids is 2. The van der Waals surface area contributed by atoms with Gasteiger partial charge in [0.1, 0.15) is 4.88 Å². The predicted molar refractivity (Wildman–Crippen MR) is 113 cm³/mol. The van der Waals surface area contributed by atoms with E-state index in [1.807, 2.05) is 0 Å². The molecule has 0 saturated heterocycles. The summed E-state index contributed by atoms with van der Waals surface area (Å²) in [5, 5.41) is 14.7. The second-order valence-corrected chi connectivity index (χ2v) is 8.12. The Morgan fingerprint density at radius 1 is 1.17 bits per heavy atom. The normalized spacial score (nSPS) is 11.9. The van der Waals surface area contributed by atoms with Gasteiger partial charge in [-0.15, -0.1) is 11.3 Å². The van der Waals surface area contributed by atoms with Crippen LogP contribution in [0.5, 0.6) is 0 Å². The van der Waals surface area contributed by atoms with Crippen LogP contribution in [0.15, 0.2) is 36.4 Å². The van der Waals surface area contributed by atoms with E-state index in [1.165, 1.54) is 19.1 Å². The summed E-state index contributed by atoms with van der Waals surface area (Å²) >= 11 is 19.2. The van der Waals surface area contributed by atoms with Crippen molar-refractivity contribution < 1.29 is 19.2 Å². The standard InChI is InChI=1S/C18H11Cl3N2O5S/c1-8(17(24)22-13-7-10(23(26)27)3-5-12(13)20)28-18(25)16-15(21)11-4-2-9(19)6-14(11)29-16/h2-8H,1H3,(H,22,24). The largest absolute Gasteiger partial charge is 0.448 e. The molecule has 0 spiro atoms. The summed E-state index contributed by atoms with van der Waals surface area (Å²) < 4.78 is 5.90. The summed E-state index contributed by atoms with van der Waals surface area (Å²) in [6.07, 6.45) is -1.21. The Morgan fingerprint density at radius 2 is 1.90 bits per heavy atom. The average Bonchev–Trinajstić information content (AvgIpc) is 2.99. The number of non-ortho nitro benzene ring substituents is 1. The van der Waals surface area contributed by atoms with Crippen molar-refractivity contribution in [2.45, 2.75) is 13.0 Å². The summed E-state index contributed by atoms with van der Waals surface area (Å²) in [5.74, 6) is -1.49. The van der Waals surface area contributed by atoms with Gasteiger partial charge in [-0.05, 0) is 25.1 Å². The van der Waals surface area contributed by atoms with Gasteiger partial charge in [0.25, 0.3) is 11.6 Å². The number of amides is 1. The van der Waals surface area contributed by atoms with Crippen LogP contribution >= 0.6 is 46.1 Å². The number of fused-ring (bicyclic) bond motifs is 1. The number of anilines is 1. The van der Waals surface area contributed by atoms with Crippen LogP contribution in [0.2, 0.25) is 15.1 Å². The number of ether oxygens (including phenoxy) is 1. The van der Waals surface area contributed by atoms with Crippen molar-refractivity contribution in [3.05, 3.63) is 66.5 Å². The molecule has 150 valence electrons. The van der Waals surface area contributed by atoms with Gasteiger partial charge in [0.05, 0.1) is 20.7 Å². The van der Waals surface area contributed by atoms with E-state index in [4.69, 9.17) is 39.5 Å². The van der Waals surface area contributed by atoms with E-state index in [2.05, 4.69) is 5.32 Å². The number of nitro groups is 1. The Morgan fingerprint density at radius 3 is 2.59 bits per heavy atom. The topological polar surface area (TPSA) is 98.5 Å². The maximum absolute atomic E-state index is 12.5. The van der Waals surface area contributed by atoms with Crippen LogP contribution in [-0.2, 0) is 9.53 Å². The second kappa shape index (κ2) is 8.54. The Bertz CT molecular complexity index is 1150. The van der Waals surface area contributed by atoms with Crippen LogP contribution in [-0.4, -0.2) is 22.9 Å². The lowest BCUT2D eigenvalue weighted by atomic mass is 10.2. The van der Waals surface area contributed by atoms with E-state index in [0.29, 0.717) is 15.1 Å². The Kier molecular flexibility index (Phi) is 6.28. The minimum atomic E-state index is -1.21. The predicted octanol–water partition coefficient (Wildman–Crippen LogP) is 5.95. The van der Waals surface area contributed by atoms with Crippen LogP contribution in [0.3, 0.4) is 0 Å². The number of thiophene rings is 1. The third-order valence-electron chi connectivity index (χ3n) is 3.85. The molecule has 1 atom stereocenters. The Hall–Kier alpha value is -2.39. The van der Waals surface area contributed by atoms with Crippen LogP contribution < -0.4 is 5.32 Å². The molecule has 0 bridgehead atoms. The fraction of sp³-hybridized carbons (Fsp3) is 0.111. The molecule has 1 unspecified atom stereocenters. The van der Waals surface area contributed by atoms with Gasteiger partial charge in [-0.25, -0.2) is 4.79 Å². The van der Waals surface area contributed by atoms with Crippen LogP contribution in [0, 0.1) is 10.1 Å². The van der Waals surface area contributed by atoms with E-state index >= 15 is 0 Å². The SMILES string of the molecule is CC(OC(=O)c1sc2cc(Cl)ccc2c1Cl)C(=O)Nc1cc([N+](=O)[O-])ccc1Cl. The smallest absolute Gasteiger partial charge is 0.350 e. The van der Waals surface area contributed by atoms with Crippen molar-refractivity contribution in [3.8, 4) is 0 Å². The summed E-state index contributed by atoms with van der Waals surface area (Å²) in [6.45, 7) is 1.36. The van der Waals surface area contributed by atoms with Gasteiger partial charge in [0.15, 0.2) is 6.10 Å². The molecular weight excluding hydrogens is 463 g/mol. The fourth-order valence-corrected chi connectivity index (χ4v) is 4.23. The van der Waals surface area contributed by atoms with E-state index in [-0.39, 0.29) is 26.3 Å². The first-order chi connectivity index (χ1) is 13.7. The molecule has 3 rings (SSSR count). The lowest BCUT2D eigenvalue weighted by molar-refractivity contribution is -0.384. The number of hydrogen-bond donors (Lipinski definition) is 1. The van der Waals surface area contributed by atoms with Gasteiger partial charge >= 0.3 is 5.97 Å². The van der Waals surface area contributed by atoms with E-state index in [0.717, 1.165) is 17.4 Å². The van der Waals surface area contributed by atoms with Gasteiger partial charge in [-0.2, -0.15) is 0 Å². The van der Waals surface area contributed by atoms with E-state index in [9.17, 15) is 19.7 Å². The molecule has 1 amide bonds. The number of nitrogens with one attached hydrogen (secondary N) is 1. The van der Waals surface area contributed by atoms with Crippen LogP contribution in [0.25, 0.3) is 10.1 Å². The Labute approximate surface area is 183 Å². The molecule has 29 heavy (non-hydrogen) atoms. The maximum Gasteiger partial charge on any atom is 0.350 e. The molecule has 0 radical (unpaired) electrons. The van der Waals surface area contributed by atoms with Crippen molar-refractivity contribution >= 4 is 79.5 Å². The zero-order valence-corrected chi connectivity index (χ0v) is 17.7. The Balaban J connectivity index is 1.75. The molecule has 11 heteroatoms. The molecule has 0 aliphatic carbocycles. The minimum Gasteiger partial charge on any atom is -0.448 e. The number of rotatable bonds is 5. The molecule has 3 aromatic rings. The van der Waals surface area contributed by atoms with Crippen LogP contribution in [0.4, 0.5) is 11.4 Å². The highest BCUT2D eigenvalue weighted by atomic mass is 35.5. The summed E-state index contributed by atoms with van der Waals surface area (Å²) in [6, 6.07) is 8.61. The minimum absolute atomic E-state index is 0.0308. The van der Waals surface area contributed by atoms with Crippen molar-refractivity contribution in [1.82, 2.24) is 0 Å². The number of esters is 1. The molecule has 1 N–H and O–H groups in total. The first kappa shape index (κ1) is 21.3. The van der Waals surface area contributed by atoms with Gasteiger partial charge < -0.3 is 10.1 Å². The summed E-state index contributed by atoms with van der Waals surface area (Å²) in [4.78, 5) is 35.2. The third kappa shape index (κ3) is 4.62. The van der Waals surface area contributed by atoms with E-state index < -0.39 is 22.9 Å². The highest BCUT2D eigenvalue weighted by Gasteiger charge is 2.24. The van der Waals surface area contributed by atoms with Gasteiger partial charge in [-0.3, -0.25) is 14.9 Å².